The molecule has 10 heteroatoms. The molecule has 3 aromatic rings. The van der Waals surface area contributed by atoms with Gasteiger partial charge in [-0.05, 0) is 61.9 Å². The molecular formula is C26H27ClFN3O4S. The second-order valence-corrected chi connectivity index (χ2v) is 10.5. The summed E-state index contributed by atoms with van der Waals surface area (Å²) in [7, 11) is -2.80. The first-order valence-electron chi connectivity index (χ1n) is 11.1. The Kier molecular flexibility index (Phi) is 8.70. The number of likely N-dealkylation sites (N-methyl/N-ethyl adjacent to an activating group) is 1. The minimum absolute atomic E-state index is 0.00850. The lowest BCUT2D eigenvalue weighted by Gasteiger charge is -2.32. The van der Waals surface area contributed by atoms with Crippen molar-refractivity contribution in [2.45, 2.75) is 31.3 Å². The summed E-state index contributed by atoms with van der Waals surface area (Å²) in [6, 6.07) is 17.0. The highest BCUT2D eigenvalue weighted by atomic mass is 35.5. The van der Waals surface area contributed by atoms with Gasteiger partial charge in [0, 0.05) is 18.6 Å². The van der Waals surface area contributed by atoms with E-state index in [0.717, 1.165) is 34.1 Å². The highest BCUT2D eigenvalue weighted by Gasteiger charge is 2.32. The molecule has 0 fully saturated rings. The van der Waals surface area contributed by atoms with Crippen molar-refractivity contribution in [3.8, 4) is 0 Å². The quantitative estimate of drug-likeness (QED) is 0.449. The summed E-state index contributed by atoms with van der Waals surface area (Å²) in [6.07, 6.45) is 0. The second kappa shape index (κ2) is 11.5. The van der Waals surface area contributed by atoms with Crippen LogP contribution in [0, 0.1) is 12.7 Å². The standard InChI is InChI=1S/C26H27ClFN3O4S/c1-18-8-12-22(13-9-18)31(36(34,35)23-14-10-21(28)11-15-23)17-25(32)30(19(2)26(33)29-3)16-20-6-4-5-7-24(20)27/h4-15,19H,16-17H2,1-3H3,(H,29,33)/t19-/m1/s1. The summed E-state index contributed by atoms with van der Waals surface area (Å²) in [4.78, 5) is 27.2. The average molecular weight is 532 g/mol. The molecular weight excluding hydrogens is 505 g/mol. The van der Waals surface area contributed by atoms with Crippen LogP contribution >= 0.6 is 11.6 Å². The number of amides is 2. The van der Waals surface area contributed by atoms with Gasteiger partial charge in [-0.3, -0.25) is 13.9 Å². The molecule has 190 valence electrons. The Morgan fingerprint density at radius 1 is 1.00 bits per heavy atom. The van der Waals surface area contributed by atoms with Crippen LogP contribution in [-0.2, 0) is 26.2 Å². The predicted molar refractivity (Wildman–Crippen MR) is 138 cm³/mol. The van der Waals surface area contributed by atoms with Gasteiger partial charge in [0.25, 0.3) is 10.0 Å². The Bertz CT molecular complexity index is 1330. The van der Waals surface area contributed by atoms with Crippen molar-refractivity contribution in [3.05, 3.63) is 94.8 Å². The summed E-state index contributed by atoms with van der Waals surface area (Å²) >= 11 is 6.30. The van der Waals surface area contributed by atoms with Gasteiger partial charge in [0.15, 0.2) is 0 Å². The largest absolute Gasteiger partial charge is 0.357 e. The van der Waals surface area contributed by atoms with Gasteiger partial charge >= 0.3 is 0 Å². The van der Waals surface area contributed by atoms with E-state index in [1.165, 1.54) is 11.9 Å². The average Bonchev–Trinajstić information content (AvgIpc) is 2.86. The molecule has 0 unspecified atom stereocenters. The number of anilines is 1. The van der Waals surface area contributed by atoms with Gasteiger partial charge in [-0.25, -0.2) is 12.8 Å². The number of hydrogen-bond acceptors (Lipinski definition) is 4. The SMILES string of the molecule is CNC(=O)[C@@H](C)N(Cc1ccccc1Cl)C(=O)CN(c1ccc(C)cc1)S(=O)(=O)c1ccc(F)cc1. The van der Waals surface area contributed by atoms with Crippen LogP contribution in [-0.4, -0.2) is 44.8 Å². The first-order valence-corrected chi connectivity index (χ1v) is 13.0. The molecule has 36 heavy (non-hydrogen) atoms. The highest BCUT2D eigenvalue weighted by Crippen LogP contribution is 2.26. The molecule has 1 N–H and O–H groups in total. The Hall–Kier alpha value is -3.43. The van der Waals surface area contributed by atoms with Crippen LogP contribution in [0.4, 0.5) is 10.1 Å². The molecule has 7 nitrogen and oxygen atoms in total. The van der Waals surface area contributed by atoms with Crippen molar-refractivity contribution in [1.29, 1.82) is 0 Å². The van der Waals surface area contributed by atoms with Crippen LogP contribution in [0.2, 0.25) is 5.02 Å². The van der Waals surface area contributed by atoms with E-state index in [1.807, 2.05) is 6.92 Å². The van der Waals surface area contributed by atoms with Gasteiger partial charge in [0.2, 0.25) is 11.8 Å². The van der Waals surface area contributed by atoms with Crippen LogP contribution in [0.25, 0.3) is 0 Å². The summed E-state index contributed by atoms with van der Waals surface area (Å²) in [5.74, 6) is -1.62. The number of rotatable bonds is 9. The Morgan fingerprint density at radius 2 is 1.61 bits per heavy atom. The Labute approximate surface area is 215 Å². The number of nitrogens with zero attached hydrogens (tertiary/aromatic N) is 2. The second-order valence-electron chi connectivity index (χ2n) is 8.20. The monoisotopic (exact) mass is 531 g/mol. The summed E-state index contributed by atoms with van der Waals surface area (Å²) in [5, 5.41) is 2.93. The fraction of sp³-hybridized carbons (Fsp3) is 0.231. The molecule has 0 spiro atoms. The number of halogens is 2. The maximum Gasteiger partial charge on any atom is 0.264 e. The zero-order valence-electron chi connectivity index (χ0n) is 20.1. The van der Waals surface area contributed by atoms with Crippen LogP contribution in [0.3, 0.4) is 0 Å². The van der Waals surface area contributed by atoms with Crippen LogP contribution in [0.5, 0.6) is 0 Å². The van der Waals surface area contributed by atoms with Crippen molar-refractivity contribution in [3.63, 3.8) is 0 Å². The number of sulfonamides is 1. The van der Waals surface area contributed by atoms with Gasteiger partial charge in [0.1, 0.15) is 18.4 Å². The molecule has 2 amide bonds. The molecule has 0 radical (unpaired) electrons. The lowest BCUT2D eigenvalue weighted by atomic mass is 10.1. The van der Waals surface area contributed by atoms with E-state index >= 15 is 0 Å². The summed E-state index contributed by atoms with van der Waals surface area (Å²) < 4.78 is 41.6. The minimum atomic E-state index is -4.25. The molecule has 0 aliphatic carbocycles. The molecule has 0 heterocycles. The van der Waals surface area contributed by atoms with Crippen molar-refractivity contribution in [1.82, 2.24) is 10.2 Å². The van der Waals surface area contributed by atoms with Gasteiger partial charge in [-0.2, -0.15) is 0 Å². The minimum Gasteiger partial charge on any atom is -0.357 e. The van der Waals surface area contributed by atoms with Gasteiger partial charge in [-0.1, -0.05) is 47.5 Å². The topological polar surface area (TPSA) is 86.8 Å². The summed E-state index contributed by atoms with van der Waals surface area (Å²) in [6.45, 7) is 2.81. The molecule has 0 aromatic heterocycles. The fourth-order valence-corrected chi connectivity index (χ4v) is 5.18. The van der Waals surface area contributed by atoms with E-state index in [4.69, 9.17) is 11.6 Å². The van der Waals surface area contributed by atoms with Crippen molar-refractivity contribution < 1.29 is 22.4 Å². The predicted octanol–water partition coefficient (Wildman–Crippen LogP) is 4.15. The number of hydrogen-bond donors (Lipinski definition) is 1. The number of benzene rings is 3. The van der Waals surface area contributed by atoms with Crippen molar-refractivity contribution >= 4 is 39.1 Å². The van der Waals surface area contributed by atoms with Gasteiger partial charge in [0.05, 0.1) is 10.6 Å². The lowest BCUT2D eigenvalue weighted by Crippen LogP contribution is -2.50. The Balaban J connectivity index is 2.03. The number of carbonyl (C=O) groups excluding carboxylic acids is 2. The molecule has 0 saturated heterocycles. The smallest absolute Gasteiger partial charge is 0.264 e. The number of carbonyl (C=O) groups is 2. The lowest BCUT2D eigenvalue weighted by molar-refractivity contribution is -0.139. The number of nitrogens with one attached hydrogen (secondary N) is 1. The van der Waals surface area contributed by atoms with Crippen LogP contribution in [0.15, 0.2) is 77.7 Å². The maximum atomic E-state index is 13.6. The molecule has 0 saturated carbocycles. The van der Waals surface area contributed by atoms with E-state index in [0.29, 0.717) is 10.6 Å². The molecule has 0 aliphatic heterocycles. The van der Waals surface area contributed by atoms with Crippen molar-refractivity contribution in [2.75, 3.05) is 17.9 Å². The van der Waals surface area contributed by atoms with Gasteiger partial charge < -0.3 is 10.2 Å². The Morgan fingerprint density at radius 3 is 2.19 bits per heavy atom. The molecule has 1 atom stereocenters. The van der Waals surface area contributed by atoms with Crippen LogP contribution < -0.4 is 9.62 Å². The zero-order valence-corrected chi connectivity index (χ0v) is 21.7. The van der Waals surface area contributed by atoms with Gasteiger partial charge in [-0.15, -0.1) is 0 Å². The van der Waals surface area contributed by atoms with E-state index < -0.39 is 40.2 Å². The third-order valence-corrected chi connectivity index (χ3v) is 7.87. The highest BCUT2D eigenvalue weighted by molar-refractivity contribution is 7.92. The zero-order chi connectivity index (χ0) is 26.5. The maximum absolute atomic E-state index is 13.6. The van der Waals surface area contributed by atoms with E-state index in [-0.39, 0.29) is 17.1 Å². The third kappa shape index (κ3) is 6.22. The van der Waals surface area contributed by atoms with Crippen molar-refractivity contribution in [2.24, 2.45) is 0 Å². The number of aryl methyl sites for hydroxylation is 1. The fourth-order valence-electron chi connectivity index (χ4n) is 3.58. The first-order chi connectivity index (χ1) is 17.0. The molecule has 0 bridgehead atoms. The molecule has 3 rings (SSSR count). The first kappa shape index (κ1) is 27.2. The van der Waals surface area contributed by atoms with Crippen LogP contribution in [0.1, 0.15) is 18.1 Å². The van der Waals surface area contributed by atoms with E-state index in [9.17, 15) is 22.4 Å². The molecule has 0 aliphatic rings. The van der Waals surface area contributed by atoms with E-state index in [1.54, 1.807) is 55.5 Å². The third-order valence-electron chi connectivity index (χ3n) is 5.71. The molecule has 3 aromatic carbocycles. The van der Waals surface area contributed by atoms with E-state index in [2.05, 4.69) is 5.32 Å². The normalized spacial score (nSPS) is 12.0. The summed E-state index contributed by atoms with van der Waals surface area (Å²) in [5.41, 5.74) is 1.76.